The van der Waals surface area contributed by atoms with Crippen LogP contribution in [0.1, 0.15) is 51.9 Å². The third kappa shape index (κ3) is 3.86. The van der Waals surface area contributed by atoms with Crippen LogP contribution in [0, 0.1) is 5.92 Å². The molecular formula is C14H27ClN2O. The molecule has 3 nitrogen and oxygen atoms in total. The third-order valence-electron chi connectivity index (χ3n) is 4.32. The van der Waals surface area contributed by atoms with Gasteiger partial charge in [0.2, 0.25) is 5.91 Å². The smallest absolute Gasteiger partial charge is 0.226 e. The van der Waals surface area contributed by atoms with E-state index in [9.17, 15) is 4.79 Å². The van der Waals surface area contributed by atoms with Gasteiger partial charge in [0.25, 0.3) is 0 Å². The molecule has 2 aliphatic rings. The second-order valence-electron chi connectivity index (χ2n) is 5.47. The fourth-order valence-corrected chi connectivity index (χ4v) is 3.20. The number of hydrogen-bond donors (Lipinski definition) is 1. The zero-order chi connectivity index (χ0) is 12.1. The van der Waals surface area contributed by atoms with Crippen LogP contribution < -0.4 is 5.32 Å². The number of carbonyl (C=O) groups excluding carboxylic acids is 1. The monoisotopic (exact) mass is 274 g/mol. The van der Waals surface area contributed by atoms with Crippen molar-refractivity contribution in [2.24, 2.45) is 5.92 Å². The third-order valence-corrected chi connectivity index (χ3v) is 4.32. The van der Waals surface area contributed by atoms with Gasteiger partial charge in [-0.3, -0.25) is 4.79 Å². The Hall–Kier alpha value is -0.280. The number of piperidine rings is 1. The highest BCUT2D eigenvalue weighted by Crippen LogP contribution is 2.23. The molecule has 0 radical (unpaired) electrons. The van der Waals surface area contributed by atoms with Crippen LogP contribution >= 0.6 is 12.4 Å². The van der Waals surface area contributed by atoms with Crippen LogP contribution in [0.25, 0.3) is 0 Å². The largest absolute Gasteiger partial charge is 0.339 e. The first-order valence-electron chi connectivity index (χ1n) is 7.34. The molecule has 0 saturated carbocycles. The van der Waals surface area contributed by atoms with Gasteiger partial charge >= 0.3 is 0 Å². The van der Waals surface area contributed by atoms with Gasteiger partial charge in [0.1, 0.15) is 0 Å². The molecule has 2 fully saturated rings. The normalized spacial score (nSPS) is 26.3. The van der Waals surface area contributed by atoms with Crippen molar-refractivity contribution in [1.29, 1.82) is 0 Å². The van der Waals surface area contributed by atoms with Crippen molar-refractivity contribution in [3.8, 4) is 0 Å². The molecule has 0 aromatic carbocycles. The molecule has 4 heteroatoms. The molecule has 0 bridgehead atoms. The highest BCUT2D eigenvalue weighted by molar-refractivity contribution is 5.85. The van der Waals surface area contributed by atoms with Crippen LogP contribution in [0.2, 0.25) is 0 Å². The van der Waals surface area contributed by atoms with Crippen LogP contribution in [0.3, 0.4) is 0 Å². The molecule has 2 heterocycles. The van der Waals surface area contributed by atoms with Crippen LogP contribution in [0.5, 0.6) is 0 Å². The molecule has 1 unspecified atom stereocenters. The van der Waals surface area contributed by atoms with Gasteiger partial charge in [-0.2, -0.15) is 0 Å². The Labute approximate surface area is 117 Å². The lowest BCUT2D eigenvalue weighted by molar-refractivity contribution is -0.138. The molecule has 18 heavy (non-hydrogen) atoms. The van der Waals surface area contributed by atoms with Gasteiger partial charge in [-0.25, -0.2) is 0 Å². The van der Waals surface area contributed by atoms with E-state index >= 15 is 0 Å². The standard InChI is InChI=1S/C14H26N2O.ClH/c1-2-13-6-4-3-5-11-16(13)14(17)12-7-9-15-10-8-12;/h12-13,15H,2-11H2,1H3;1H. The van der Waals surface area contributed by atoms with E-state index in [1.54, 1.807) is 0 Å². The number of halogens is 1. The average molecular weight is 275 g/mol. The van der Waals surface area contributed by atoms with E-state index in [2.05, 4.69) is 17.1 Å². The van der Waals surface area contributed by atoms with E-state index in [0.29, 0.717) is 17.9 Å². The number of amides is 1. The number of nitrogens with zero attached hydrogens (tertiary/aromatic N) is 1. The van der Waals surface area contributed by atoms with Crippen molar-refractivity contribution < 1.29 is 4.79 Å². The van der Waals surface area contributed by atoms with Crippen molar-refractivity contribution >= 4 is 18.3 Å². The van der Waals surface area contributed by atoms with Crippen molar-refractivity contribution in [2.75, 3.05) is 19.6 Å². The van der Waals surface area contributed by atoms with E-state index in [0.717, 1.165) is 38.9 Å². The van der Waals surface area contributed by atoms with Gasteiger partial charge in [-0.15, -0.1) is 12.4 Å². The summed E-state index contributed by atoms with van der Waals surface area (Å²) >= 11 is 0. The summed E-state index contributed by atoms with van der Waals surface area (Å²) in [4.78, 5) is 14.8. The molecule has 1 atom stereocenters. The van der Waals surface area contributed by atoms with Crippen molar-refractivity contribution in [3.63, 3.8) is 0 Å². The summed E-state index contributed by atoms with van der Waals surface area (Å²) in [6, 6.07) is 0.514. The highest BCUT2D eigenvalue weighted by Gasteiger charge is 2.30. The van der Waals surface area contributed by atoms with Crippen molar-refractivity contribution in [2.45, 2.75) is 57.9 Å². The lowest BCUT2D eigenvalue weighted by Crippen LogP contribution is -2.45. The fraction of sp³-hybridized carbons (Fsp3) is 0.929. The van der Waals surface area contributed by atoms with E-state index in [1.807, 2.05) is 0 Å². The Balaban J connectivity index is 0.00000162. The summed E-state index contributed by atoms with van der Waals surface area (Å²) in [7, 11) is 0. The lowest BCUT2D eigenvalue weighted by atomic mass is 9.95. The molecule has 2 saturated heterocycles. The van der Waals surface area contributed by atoms with Crippen LogP contribution in [-0.4, -0.2) is 36.5 Å². The molecule has 0 spiro atoms. The number of likely N-dealkylation sites (tertiary alicyclic amines) is 1. The van der Waals surface area contributed by atoms with Gasteiger partial charge in [0, 0.05) is 18.5 Å². The van der Waals surface area contributed by atoms with Gasteiger partial charge < -0.3 is 10.2 Å². The molecule has 2 aliphatic heterocycles. The SMILES string of the molecule is CCC1CCCCCN1C(=O)C1CCNCC1.Cl. The summed E-state index contributed by atoms with van der Waals surface area (Å²) in [5.74, 6) is 0.739. The molecule has 0 aromatic rings. The zero-order valence-electron chi connectivity index (χ0n) is 11.5. The maximum Gasteiger partial charge on any atom is 0.226 e. The molecule has 1 amide bonds. The topological polar surface area (TPSA) is 32.3 Å². The molecular weight excluding hydrogens is 248 g/mol. The van der Waals surface area contributed by atoms with E-state index in [4.69, 9.17) is 0 Å². The van der Waals surface area contributed by atoms with Crippen LogP contribution in [0.15, 0.2) is 0 Å². The molecule has 106 valence electrons. The minimum absolute atomic E-state index is 0. The Morgan fingerprint density at radius 3 is 2.56 bits per heavy atom. The quantitative estimate of drug-likeness (QED) is 0.839. The fourth-order valence-electron chi connectivity index (χ4n) is 3.20. The Kier molecular flexibility index (Phi) is 7.02. The first kappa shape index (κ1) is 15.8. The molecule has 1 N–H and O–H groups in total. The Morgan fingerprint density at radius 2 is 1.89 bits per heavy atom. The Bertz CT molecular complexity index is 254. The predicted molar refractivity (Wildman–Crippen MR) is 77.1 cm³/mol. The average Bonchev–Trinajstić information content (AvgIpc) is 2.64. The maximum atomic E-state index is 12.6. The summed E-state index contributed by atoms with van der Waals surface area (Å²) in [6.45, 7) is 5.25. The van der Waals surface area contributed by atoms with Crippen molar-refractivity contribution in [3.05, 3.63) is 0 Å². The highest BCUT2D eigenvalue weighted by atomic mass is 35.5. The van der Waals surface area contributed by atoms with Crippen molar-refractivity contribution in [1.82, 2.24) is 10.2 Å². The molecule has 0 aromatic heterocycles. The first-order valence-corrected chi connectivity index (χ1v) is 7.34. The van der Waals surface area contributed by atoms with Gasteiger partial charge in [0.05, 0.1) is 0 Å². The zero-order valence-corrected chi connectivity index (χ0v) is 12.3. The second kappa shape index (κ2) is 8.00. The summed E-state index contributed by atoms with van der Waals surface area (Å²) in [6.07, 6.45) is 8.20. The number of carbonyl (C=O) groups is 1. The number of nitrogens with one attached hydrogen (secondary N) is 1. The second-order valence-corrected chi connectivity index (χ2v) is 5.47. The number of rotatable bonds is 2. The van der Waals surface area contributed by atoms with Crippen LogP contribution in [0.4, 0.5) is 0 Å². The summed E-state index contributed by atoms with van der Waals surface area (Å²) < 4.78 is 0. The summed E-state index contributed by atoms with van der Waals surface area (Å²) in [5, 5.41) is 3.34. The van der Waals surface area contributed by atoms with Gasteiger partial charge in [-0.05, 0) is 45.2 Å². The van der Waals surface area contributed by atoms with E-state index in [-0.39, 0.29) is 12.4 Å². The minimum atomic E-state index is 0. The predicted octanol–water partition coefficient (Wildman–Crippen LogP) is 2.59. The van der Waals surface area contributed by atoms with Gasteiger partial charge in [-0.1, -0.05) is 19.8 Å². The minimum Gasteiger partial charge on any atom is -0.339 e. The van der Waals surface area contributed by atoms with E-state index in [1.165, 1.54) is 25.7 Å². The summed E-state index contributed by atoms with van der Waals surface area (Å²) in [5.41, 5.74) is 0. The van der Waals surface area contributed by atoms with Gasteiger partial charge in [0.15, 0.2) is 0 Å². The molecule has 0 aliphatic carbocycles. The van der Waals surface area contributed by atoms with Crippen LogP contribution in [-0.2, 0) is 4.79 Å². The lowest BCUT2D eigenvalue weighted by Gasteiger charge is -2.34. The molecule has 2 rings (SSSR count). The first-order chi connectivity index (χ1) is 8.33. The Morgan fingerprint density at radius 1 is 1.17 bits per heavy atom. The maximum absolute atomic E-state index is 12.6. The number of hydrogen-bond acceptors (Lipinski definition) is 2. The van der Waals surface area contributed by atoms with E-state index < -0.39 is 0 Å².